The van der Waals surface area contributed by atoms with E-state index >= 15 is 0 Å². The van der Waals surface area contributed by atoms with E-state index < -0.39 is 0 Å². The van der Waals surface area contributed by atoms with Crippen LogP contribution in [-0.4, -0.2) is 29.1 Å². The summed E-state index contributed by atoms with van der Waals surface area (Å²) in [5.41, 5.74) is 1.36. The minimum absolute atomic E-state index is 0.644. The molecule has 1 aliphatic heterocycles. The van der Waals surface area contributed by atoms with E-state index in [-0.39, 0.29) is 0 Å². The summed E-state index contributed by atoms with van der Waals surface area (Å²) in [4.78, 5) is 2.39. The van der Waals surface area contributed by atoms with Crippen LogP contribution in [0, 0.1) is 0 Å². The summed E-state index contributed by atoms with van der Waals surface area (Å²) in [6.07, 6.45) is 6.14. The van der Waals surface area contributed by atoms with E-state index in [2.05, 4.69) is 47.5 Å². The highest BCUT2D eigenvalue weighted by Gasteiger charge is 2.22. The molecule has 1 saturated heterocycles. The van der Waals surface area contributed by atoms with Crippen LogP contribution in [0.2, 0.25) is 0 Å². The maximum Gasteiger partial charge on any atom is 0.169 e. The molecule has 1 heterocycles. The van der Waals surface area contributed by atoms with Gasteiger partial charge in [-0.05, 0) is 49.9 Å². The number of nitrogens with one attached hydrogen (secondary N) is 1. The number of likely N-dealkylation sites (tertiary alicyclic amines) is 1. The Bertz CT molecular complexity index is 391. The lowest BCUT2D eigenvalue weighted by molar-refractivity contribution is 0.233. The molecule has 0 bridgehead atoms. The van der Waals surface area contributed by atoms with Crippen molar-refractivity contribution in [3.63, 3.8) is 0 Å². The number of hydrogen-bond acceptors (Lipinski definition) is 1. The molecular weight excluding hydrogens is 252 g/mol. The van der Waals surface area contributed by atoms with Crippen molar-refractivity contribution >= 4 is 17.3 Å². The molecule has 0 amide bonds. The standard InChI is InChI=1S/C16H24N2S/c1-2-15-10-6-7-13-18(15)16(19)17-12-11-14-8-4-3-5-9-14/h3-5,8-9,15H,2,6-7,10-13H2,1H3,(H,17,19). The van der Waals surface area contributed by atoms with Gasteiger partial charge in [-0.15, -0.1) is 0 Å². The minimum Gasteiger partial charge on any atom is -0.362 e. The molecule has 0 radical (unpaired) electrons. The third kappa shape index (κ3) is 4.20. The summed E-state index contributed by atoms with van der Waals surface area (Å²) in [6.45, 7) is 4.31. The SMILES string of the molecule is CCC1CCCCN1C(=S)NCCc1ccccc1. The normalized spacial score (nSPS) is 19.2. The van der Waals surface area contributed by atoms with Crippen molar-refractivity contribution in [2.45, 2.75) is 45.1 Å². The molecule has 1 unspecified atom stereocenters. The Kier molecular flexibility index (Phi) is 5.64. The van der Waals surface area contributed by atoms with Gasteiger partial charge in [0.15, 0.2) is 5.11 Å². The third-order valence-corrected chi connectivity index (χ3v) is 4.27. The van der Waals surface area contributed by atoms with Crippen molar-refractivity contribution in [2.24, 2.45) is 0 Å². The van der Waals surface area contributed by atoms with E-state index in [1.807, 2.05) is 0 Å². The molecule has 1 aromatic rings. The summed E-state index contributed by atoms with van der Waals surface area (Å²) in [6, 6.07) is 11.2. The van der Waals surface area contributed by atoms with Crippen molar-refractivity contribution in [2.75, 3.05) is 13.1 Å². The van der Waals surface area contributed by atoms with Crippen LogP contribution in [-0.2, 0) is 6.42 Å². The lowest BCUT2D eigenvalue weighted by Crippen LogP contribution is -2.48. The second kappa shape index (κ2) is 7.49. The zero-order valence-corrected chi connectivity index (χ0v) is 12.6. The first-order valence-corrected chi connectivity index (χ1v) is 7.80. The average Bonchev–Trinajstić information content (AvgIpc) is 2.48. The predicted octanol–water partition coefficient (Wildman–Crippen LogP) is 3.37. The van der Waals surface area contributed by atoms with E-state index in [4.69, 9.17) is 12.2 Å². The highest BCUT2D eigenvalue weighted by Crippen LogP contribution is 2.19. The molecule has 2 nitrogen and oxygen atoms in total. The van der Waals surface area contributed by atoms with Gasteiger partial charge in [0.05, 0.1) is 0 Å². The number of rotatable bonds is 4. The number of benzene rings is 1. The predicted molar refractivity (Wildman–Crippen MR) is 85.4 cm³/mol. The van der Waals surface area contributed by atoms with Crippen molar-refractivity contribution in [3.05, 3.63) is 35.9 Å². The van der Waals surface area contributed by atoms with Crippen molar-refractivity contribution < 1.29 is 0 Å². The van der Waals surface area contributed by atoms with Crippen LogP contribution in [0.5, 0.6) is 0 Å². The third-order valence-electron chi connectivity index (χ3n) is 3.89. The Morgan fingerprint density at radius 1 is 1.32 bits per heavy atom. The monoisotopic (exact) mass is 276 g/mol. The lowest BCUT2D eigenvalue weighted by Gasteiger charge is -2.37. The highest BCUT2D eigenvalue weighted by atomic mass is 32.1. The van der Waals surface area contributed by atoms with E-state index in [0.717, 1.165) is 24.6 Å². The quantitative estimate of drug-likeness (QED) is 0.849. The second-order valence-corrected chi connectivity index (χ2v) is 5.61. The Morgan fingerprint density at radius 3 is 2.84 bits per heavy atom. The van der Waals surface area contributed by atoms with Gasteiger partial charge in [-0.1, -0.05) is 37.3 Å². The molecule has 104 valence electrons. The first kappa shape index (κ1) is 14.3. The smallest absolute Gasteiger partial charge is 0.169 e. The molecule has 0 spiro atoms. The second-order valence-electron chi connectivity index (χ2n) is 5.22. The first-order chi connectivity index (χ1) is 9.31. The molecule has 2 rings (SSSR count). The van der Waals surface area contributed by atoms with Crippen LogP contribution in [0.25, 0.3) is 0 Å². The Morgan fingerprint density at radius 2 is 2.11 bits per heavy atom. The fourth-order valence-corrected chi connectivity index (χ4v) is 3.09. The van der Waals surface area contributed by atoms with E-state index in [1.165, 1.54) is 31.2 Å². The molecule has 1 aromatic carbocycles. The minimum atomic E-state index is 0.644. The van der Waals surface area contributed by atoms with Crippen molar-refractivity contribution in [1.82, 2.24) is 10.2 Å². The molecule has 1 fully saturated rings. The van der Waals surface area contributed by atoms with Gasteiger partial charge in [0.25, 0.3) is 0 Å². The maximum atomic E-state index is 5.55. The average molecular weight is 276 g/mol. The van der Waals surface area contributed by atoms with E-state index in [9.17, 15) is 0 Å². The summed E-state index contributed by atoms with van der Waals surface area (Å²) in [5.74, 6) is 0. The van der Waals surface area contributed by atoms with Crippen molar-refractivity contribution in [1.29, 1.82) is 0 Å². The zero-order chi connectivity index (χ0) is 13.5. The molecule has 1 aliphatic rings. The highest BCUT2D eigenvalue weighted by molar-refractivity contribution is 7.80. The molecule has 1 N–H and O–H groups in total. The van der Waals surface area contributed by atoms with Crippen LogP contribution in [0.15, 0.2) is 30.3 Å². The van der Waals surface area contributed by atoms with Gasteiger partial charge in [0.2, 0.25) is 0 Å². The molecule has 19 heavy (non-hydrogen) atoms. The van der Waals surface area contributed by atoms with Crippen LogP contribution >= 0.6 is 12.2 Å². The van der Waals surface area contributed by atoms with Crippen molar-refractivity contribution in [3.8, 4) is 0 Å². The van der Waals surface area contributed by atoms with Crippen LogP contribution in [0.3, 0.4) is 0 Å². The van der Waals surface area contributed by atoms with Crippen LogP contribution in [0.4, 0.5) is 0 Å². The Hall–Kier alpha value is -1.09. The van der Waals surface area contributed by atoms with Gasteiger partial charge < -0.3 is 10.2 Å². The zero-order valence-electron chi connectivity index (χ0n) is 11.8. The van der Waals surface area contributed by atoms with Crippen LogP contribution < -0.4 is 5.32 Å². The van der Waals surface area contributed by atoms with Gasteiger partial charge in [-0.3, -0.25) is 0 Å². The summed E-state index contributed by atoms with van der Waals surface area (Å²) >= 11 is 5.55. The molecule has 0 saturated carbocycles. The largest absolute Gasteiger partial charge is 0.362 e. The fraction of sp³-hybridized carbons (Fsp3) is 0.562. The summed E-state index contributed by atoms with van der Waals surface area (Å²) in [7, 11) is 0. The summed E-state index contributed by atoms with van der Waals surface area (Å²) in [5, 5.41) is 4.37. The number of piperidine rings is 1. The molecule has 1 atom stereocenters. The van der Waals surface area contributed by atoms with Gasteiger partial charge in [0, 0.05) is 19.1 Å². The van der Waals surface area contributed by atoms with E-state index in [0.29, 0.717) is 6.04 Å². The van der Waals surface area contributed by atoms with E-state index in [1.54, 1.807) is 0 Å². The Labute approximate surface area is 122 Å². The number of thiocarbonyl (C=S) groups is 1. The lowest BCUT2D eigenvalue weighted by atomic mass is 10.0. The maximum absolute atomic E-state index is 5.55. The fourth-order valence-electron chi connectivity index (χ4n) is 2.75. The molecular formula is C16H24N2S. The molecule has 0 aliphatic carbocycles. The van der Waals surface area contributed by atoms with Gasteiger partial charge >= 0.3 is 0 Å². The molecule has 0 aromatic heterocycles. The molecule has 3 heteroatoms. The van der Waals surface area contributed by atoms with Crippen LogP contribution in [0.1, 0.15) is 38.2 Å². The Balaban J connectivity index is 1.77. The van der Waals surface area contributed by atoms with Gasteiger partial charge in [0.1, 0.15) is 0 Å². The topological polar surface area (TPSA) is 15.3 Å². The van der Waals surface area contributed by atoms with Gasteiger partial charge in [-0.2, -0.15) is 0 Å². The summed E-state index contributed by atoms with van der Waals surface area (Å²) < 4.78 is 0. The van der Waals surface area contributed by atoms with Gasteiger partial charge in [-0.25, -0.2) is 0 Å². The number of nitrogens with zero attached hydrogens (tertiary/aromatic N) is 1. The first-order valence-electron chi connectivity index (χ1n) is 7.39. The number of hydrogen-bond donors (Lipinski definition) is 1.